The standard InChI is InChI=1S/C31H24N4O9S2/c1-2-44-30(40)16-7-9-17(10-8-16)32-22(37)15-33-29-26(46-31(33)41)23(20-5-3-4-6-21(20)36)24-25(45-29)28(39)34(27(24)38)18-11-13-19(14-12-18)35(42)43/h3-14,23-25,36H,2,15H2,1H3,(H,32,37)/t23-,24?,25?/m0/s1. The number of amides is 3. The first-order chi connectivity index (χ1) is 22.1. The second kappa shape index (κ2) is 12.3. The highest BCUT2D eigenvalue weighted by Crippen LogP contribution is 2.55. The number of ether oxygens (including phenoxy) is 1. The molecule has 0 saturated carbocycles. The molecule has 2 unspecified atom stereocenters. The van der Waals surface area contributed by atoms with Gasteiger partial charge in [0.25, 0.3) is 5.69 Å². The molecule has 13 nitrogen and oxygen atoms in total. The lowest BCUT2D eigenvalue weighted by molar-refractivity contribution is -0.384. The van der Waals surface area contributed by atoms with E-state index in [0.717, 1.165) is 28.0 Å². The van der Waals surface area contributed by atoms with E-state index < -0.39 is 57.1 Å². The molecule has 0 aliphatic carbocycles. The van der Waals surface area contributed by atoms with Crippen molar-refractivity contribution in [3.63, 3.8) is 0 Å². The highest BCUT2D eigenvalue weighted by molar-refractivity contribution is 8.00. The van der Waals surface area contributed by atoms with Crippen LogP contribution in [0.25, 0.3) is 0 Å². The lowest BCUT2D eigenvalue weighted by atomic mass is 9.82. The summed E-state index contributed by atoms with van der Waals surface area (Å²) in [6.07, 6.45) is 0. The Kier molecular flexibility index (Phi) is 8.19. The number of aromatic hydroxyl groups is 1. The molecular weight excluding hydrogens is 636 g/mol. The average molecular weight is 661 g/mol. The number of para-hydroxylation sites is 1. The number of aromatic nitrogens is 1. The molecule has 1 saturated heterocycles. The molecule has 2 aliphatic rings. The number of anilines is 2. The summed E-state index contributed by atoms with van der Waals surface area (Å²) in [4.78, 5) is 77.6. The van der Waals surface area contributed by atoms with Gasteiger partial charge in [-0.25, -0.2) is 9.69 Å². The largest absolute Gasteiger partial charge is 0.508 e. The van der Waals surface area contributed by atoms with Crippen molar-refractivity contribution in [2.45, 2.75) is 29.7 Å². The Labute approximate surface area is 268 Å². The molecule has 0 bridgehead atoms. The number of hydrogen-bond donors (Lipinski definition) is 2. The van der Waals surface area contributed by atoms with Gasteiger partial charge in [-0.05, 0) is 49.4 Å². The number of nitrogens with zero attached hydrogens (tertiary/aromatic N) is 3. The summed E-state index contributed by atoms with van der Waals surface area (Å²) in [6, 6.07) is 17.4. The topological polar surface area (TPSA) is 178 Å². The minimum Gasteiger partial charge on any atom is -0.508 e. The number of thiazole rings is 1. The smallest absolute Gasteiger partial charge is 0.338 e. The molecule has 1 fully saturated rings. The Morgan fingerprint density at radius 1 is 1.00 bits per heavy atom. The molecule has 3 amide bonds. The third-order valence-corrected chi connectivity index (χ3v) is 10.2. The van der Waals surface area contributed by atoms with Crippen LogP contribution >= 0.6 is 23.1 Å². The van der Waals surface area contributed by atoms with Crippen molar-refractivity contribution in [1.29, 1.82) is 0 Å². The van der Waals surface area contributed by atoms with Crippen molar-refractivity contribution in [3.8, 4) is 5.75 Å². The van der Waals surface area contributed by atoms with Crippen molar-refractivity contribution in [3.05, 3.63) is 109 Å². The average Bonchev–Trinajstić information content (AvgIpc) is 3.48. The van der Waals surface area contributed by atoms with E-state index in [9.17, 15) is 39.2 Å². The number of phenolic OH excluding ortho intramolecular Hbond substituents is 1. The van der Waals surface area contributed by atoms with Gasteiger partial charge < -0.3 is 15.2 Å². The number of rotatable bonds is 8. The third-order valence-electron chi connectivity index (χ3n) is 7.62. The van der Waals surface area contributed by atoms with Crippen LogP contribution in [-0.2, 0) is 25.7 Å². The normalized spacial score (nSPS) is 18.5. The van der Waals surface area contributed by atoms with Crippen molar-refractivity contribution in [1.82, 2.24) is 4.57 Å². The molecule has 3 atom stereocenters. The summed E-state index contributed by atoms with van der Waals surface area (Å²) in [5, 5.41) is 24.0. The monoisotopic (exact) mass is 660 g/mol. The number of fused-ring (bicyclic) bond motifs is 2. The van der Waals surface area contributed by atoms with E-state index in [0.29, 0.717) is 26.7 Å². The highest BCUT2D eigenvalue weighted by Gasteiger charge is 2.57. The molecule has 2 aliphatic heterocycles. The first-order valence-electron chi connectivity index (χ1n) is 14.0. The Morgan fingerprint density at radius 3 is 2.35 bits per heavy atom. The zero-order valence-electron chi connectivity index (χ0n) is 23.9. The van der Waals surface area contributed by atoms with Crippen LogP contribution < -0.4 is 15.1 Å². The fraction of sp³-hybridized carbons (Fsp3) is 0.194. The molecular formula is C31H24N4O9S2. The highest BCUT2D eigenvalue weighted by atomic mass is 32.2. The second-order valence-corrected chi connectivity index (χ2v) is 12.5. The number of thioether (sulfide) groups is 1. The summed E-state index contributed by atoms with van der Waals surface area (Å²) in [7, 11) is 0. The maximum Gasteiger partial charge on any atom is 0.338 e. The Balaban J connectivity index is 1.34. The number of nitro benzene ring substituents is 1. The quantitative estimate of drug-likeness (QED) is 0.121. The van der Waals surface area contributed by atoms with Crippen molar-refractivity contribution in [2.24, 2.45) is 5.92 Å². The van der Waals surface area contributed by atoms with Crippen LogP contribution in [-0.4, -0.2) is 50.1 Å². The molecule has 0 spiro atoms. The van der Waals surface area contributed by atoms with Gasteiger partial charge in [0.05, 0.1) is 33.7 Å². The third kappa shape index (κ3) is 5.43. The number of phenols is 1. The number of benzene rings is 3. The van der Waals surface area contributed by atoms with E-state index in [2.05, 4.69) is 5.32 Å². The Morgan fingerprint density at radius 2 is 1.70 bits per heavy atom. The van der Waals surface area contributed by atoms with Gasteiger partial charge in [-0.2, -0.15) is 0 Å². The maximum absolute atomic E-state index is 14.0. The molecule has 3 heterocycles. The fourth-order valence-electron chi connectivity index (χ4n) is 5.57. The van der Waals surface area contributed by atoms with E-state index in [-0.39, 0.29) is 23.7 Å². The molecule has 234 valence electrons. The number of carbonyl (C=O) groups excluding carboxylic acids is 4. The SMILES string of the molecule is CCOC(=O)c1ccc(NC(=O)Cn2c3c(sc2=O)[C@@H](c2ccccc2O)C2C(=O)N(c4ccc([N+](=O)[O-])cc4)C(=O)C2S3)cc1. The van der Waals surface area contributed by atoms with Crippen molar-refractivity contribution >= 4 is 63.9 Å². The van der Waals surface area contributed by atoms with Crippen LogP contribution in [0.4, 0.5) is 17.1 Å². The summed E-state index contributed by atoms with van der Waals surface area (Å²) < 4.78 is 6.21. The summed E-state index contributed by atoms with van der Waals surface area (Å²) in [5.41, 5.74) is 0.972. The van der Waals surface area contributed by atoms with Crippen LogP contribution in [0.2, 0.25) is 0 Å². The number of imide groups is 1. The first-order valence-corrected chi connectivity index (χ1v) is 15.7. The van der Waals surface area contributed by atoms with Gasteiger partial charge in [-0.15, -0.1) is 0 Å². The van der Waals surface area contributed by atoms with E-state index in [4.69, 9.17) is 4.74 Å². The zero-order valence-corrected chi connectivity index (χ0v) is 25.6. The van der Waals surface area contributed by atoms with E-state index >= 15 is 0 Å². The van der Waals surface area contributed by atoms with E-state index in [1.807, 2.05) is 0 Å². The summed E-state index contributed by atoms with van der Waals surface area (Å²) in [6.45, 7) is 1.50. The number of nitrogens with one attached hydrogen (secondary N) is 1. The van der Waals surface area contributed by atoms with Crippen LogP contribution in [0, 0.1) is 16.0 Å². The molecule has 46 heavy (non-hydrogen) atoms. The maximum atomic E-state index is 14.0. The van der Waals surface area contributed by atoms with Gasteiger partial charge in [-0.3, -0.25) is 33.9 Å². The molecule has 6 rings (SSSR count). The minimum absolute atomic E-state index is 0.130. The molecule has 3 aromatic carbocycles. The van der Waals surface area contributed by atoms with Crippen LogP contribution in [0.15, 0.2) is 82.6 Å². The molecule has 15 heteroatoms. The first kappa shape index (κ1) is 30.7. The Hall–Kier alpha value is -5.28. The predicted molar refractivity (Wildman–Crippen MR) is 168 cm³/mol. The molecule has 2 N–H and O–H groups in total. The summed E-state index contributed by atoms with van der Waals surface area (Å²) >= 11 is 1.82. The van der Waals surface area contributed by atoms with Crippen LogP contribution in [0.1, 0.15) is 33.6 Å². The van der Waals surface area contributed by atoms with E-state index in [1.165, 1.54) is 59.2 Å². The number of hydrogen-bond acceptors (Lipinski definition) is 11. The lowest BCUT2D eigenvalue weighted by Crippen LogP contribution is -2.33. The van der Waals surface area contributed by atoms with E-state index in [1.54, 1.807) is 25.1 Å². The number of nitro groups is 1. The lowest BCUT2D eigenvalue weighted by Gasteiger charge is -2.31. The second-order valence-electron chi connectivity index (χ2n) is 10.4. The predicted octanol–water partition coefficient (Wildman–Crippen LogP) is 4.13. The van der Waals surface area contributed by atoms with Gasteiger partial charge in [0.1, 0.15) is 17.5 Å². The van der Waals surface area contributed by atoms with Gasteiger partial charge >= 0.3 is 10.8 Å². The van der Waals surface area contributed by atoms with Gasteiger partial charge in [0, 0.05) is 34.2 Å². The molecule has 0 radical (unpaired) electrons. The number of esters is 1. The van der Waals surface area contributed by atoms with Crippen molar-refractivity contribution in [2.75, 3.05) is 16.8 Å². The van der Waals surface area contributed by atoms with Crippen LogP contribution in [0.3, 0.4) is 0 Å². The minimum atomic E-state index is -1.02. The fourth-order valence-corrected chi connectivity index (χ4v) is 8.33. The summed E-state index contributed by atoms with van der Waals surface area (Å²) in [5.74, 6) is -4.24. The van der Waals surface area contributed by atoms with Crippen LogP contribution in [0.5, 0.6) is 5.75 Å². The zero-order chi connectivity index (χ0) is 32.7. The number of carbonyl (C=O) groups is 4. The molecule has 1 aromatic heterocycles. The number of non-ortho nitro benzene ring substituents is 1. The van der Waals surface area contributed by atoms with Gasteiger partial charge in [0.2, 0.25) is 17.7 Å². The van der Waals surface area contributed by atoms with Gasteiger partial charge in [0.15, 0.2) is 0 Å². The van der Waals surface area contributed by atoms with Gasteiger partial charge in [-0.1, -0.05) is 41.3 Å². The van der Waals surface area contributed by atoms with Crippen molar-refractivity contribution < 1.29 is 33.9 Å². The Bertz CT molecular complexity index is 1950. The molecule has 4 aromatic rings.